The Kier molecular flexibility index (Phi) is 5.79. The molecule has 0 fully saturated rings. The lowest BCUT2D eigenvalue weighted by atomic mass is 10.2. The first-order valence-electron chi connectivity index (χ1n) is 7.20. The molecule has 1 heterocycles. The quantitative estimate of drug-likeness (QED) is 0.801. The van der Waals surface area contributed by atoms with Crippen LogP contribution in [0.4, 0.5) is 5.69 Å². The number of amides is 1. The average Bonchev–Trinajstić information content (AvgIpc) is 2.98. The maximum atomic E-state index is 11.8. The smallest absolute Gasteiger partial charge is 0.239 e. The number of thiophene rings is 1. The molecule has 0 saturated carbocycles. The predicted octanol–water partition coefficient (Wildman–Crippen LogP) is 2.23. The molecule has 0 spiro atoms. The molecule has 1 aromatic heterocycles. The maximum Gasteiger partial charge on any atom is 0.239 e. The fraction of sp³-hybridized carbons (Fsp3) is 0.312. The van der Waals surface area contributed by atoms with Crippen LogP contribution in [-0.2, 0) is 21.1 Å². The number of carbonyl (C=O) groups excluding carboxylic acids is 1. The van der Waals surface area contributed by atoms with Gasteiger partial charge in [0.2, 0.25) is 5.91 Å². The highest BCUT2D eigenvalue weighted by molar-refractivity contribution is 7.90. The van der Waals surface area contributed by atoms with Gasteiger partial charge in [-0.15, -0.1) is 11.3 Å². The Morgan fingerprint density at radius 1 is 1.26 bits per heavy atom. The summed E-state index contributed by atoms with van der Waals surface area (Å²) in [5.41, 5.74) is 1.55. The molecule has 0 aliphatic heterocycles. The molecule has 2 N–H and O–H groups in total. The minimum Gasteiger partial charge on any atom is -0.376 e. The van der Waals surface area contributed by atoms with Crippen LogP contribution in [0.15, 0.2) is 40.6 Å². The highest BCUT2D eigenvalue weighted by Gasteiger charge is 2.10. The van der Waals surface area contributed by atoms with Gasteiger partial charge in [-0.05, 0) is 42.5 Å². The minimum absolute atomic E-state index is 0.110. The molecule has 1 aromatic carbocycles. The van der Waals surface area contributed by atoms with Gasteiger partial charge in [-0.25, -0.2) is 8.42 Å². The third-order valence-electron chi connectivity index (χ3n) is 3.35. The number of hydrogen-bond donors (Lipinski definition) is 2. The molecule has 5 nitrogen and oxygen atoms in total. The molecule has 0 radical (unpaired) electrons. The zero-order valence-corrected chi connectivity index (χ0v) is 14.8. The van der Waals surface area contributed by atoms with Crippen LogP contribution in [0.25, 0.3) is 0 Å². The SMILES string of the molecule is Cc1ccc(S(C)(=O)=O)cc1NCC(=O)NCCc1cccs1. The summed E-state index contributed by atoms with van der Waals surface area (Å²) in [6.45, 7) is 2.56. The molecule has 7 heteroatoms. The highest BCUT2D eigenvalue weighted by Crippen LogP contribution is 2.19. The van der Waals surface area contributed by atoms with E-state index in [2.05, 4.69) is 10.6 Å². The molecular weight excluding hydrogens is 332 g/mol. The number of rotatable bonds is 7. The number of benzene rings is 1. The number of nitrogens with one attached hydrogen (secondary N) is 2. The molecule has 2 aromatic rings. The second-order valence-electron chi connectivity index (χ2n) is 5.28. The molecule has 0 unspecified atom stereocenters. The van der Waals surface area contributed by atoms with E-state index in [9.17, 15) is 13.2 Å². The summed E-state index contributed by atoms with van der Waals surface area (Å²) in [7, 11) is -3.26. The summed E-state index contributed by atoms with van der Waals surface area (Å²) in [5.74, 6) is -0.120. The molecule has 0 saturated heterocycles. The van der Waals surface area contributed by atoms with Crippen molar-refractivity contribution in [2.75, 3.05) is 24.7 Å². The average molecular weight is 352 g/mol. The maximum absolute atomic E-state index is 11.8. The minimum atomic E-state index is -3.26. The summed E-state index contributed by atoms with van der Waals surface area (Å²) in [6.07, 6.45) is 1.98. The lowest BCUT2D eigenvalue weighted by Gasteiger charge is -2.11. The summed E-state index contributed by atoms with van der Waals surface area (Å²) in [6, 6.07) is 8.88. The van der Waals surface area contributed by atoms with Crippen molar-refractivity contribution >= 4 is 32.8 Å². The number of aryl methyl sites for hydroxylation is 1. The molecule has 0 bridgehead atoms. The van der Waals surface area contributed by atoms with Gasteiger partial charge in [-0.2, -0.15) is 0 Å². The van der Waals surface area contributed by atoms with Crippen molar-refractivity contribution in [3.05, 3.63) is 46.2 Å². The first-order valence-corrected chi connectivity index (χ1v) is 9.97. The van der Waals surface area contributed by atoms with Gasteiger partial charge in [0, 0.05) is 23.4 Å². The summed E-state index contributed by atoms with van der Waals surface area (Å²) < 4.78 is 23.2. The largest absolute Gasteiger partial charge is 0.376 e. The van der Waals surface area contributed by atoms with Gasteiger partial charge in [-0.1, -0.05) is 12.1 Å². The highest BCUT2D eigenvalue weighted by atomic mass is 32.2. The Bertz CT molecular complexity index is 769. The monoisotopic (exact) mass is 352 g/mol. The topological polar surface area (TPSA) is 75.3 Å². The zero-order valence-electron chi connectivity index (χ0n) is 13.1. The molecule has 1 amide bonds. The van der Waals surface area contributed by atoms with Crippen molar-refractivity contribution < 1.29 is 13.2 Å². The lowest BCUT2D eigenvalue weighted by Crippen LogP contribution is -2.31. The normalized spacial score (nSPS) is 11.2. The fourth-order valence-electron chi connectivity index (χ4n) is 2.04. The molecule has 124 valence electrons. The molecule has 0 aliphatic carbocycles. The second kappa shape index (κ2) is 7.61. The Morgan fingerprint density at radius 3 is 2.70 bits per heavy atom. The van der Waals surface area contributed by atoms with Gasteiger partial charge in [0.25, 0.3) is 0 Å². The lowest BCUT2D eigenvalue weighted by molar-refractivity contribution is -0.119. The van der Waals surface area contributed by atoms with Crippen LogP contribution in [-0.4, -0.2) is 33.7 Å². The Balaban J connectivity index is 1.86. The van der Waals surface area contributed by atoms with Crippen molar-refractivity contribution in [1.29, 1.82) is 0 Å². The first-order chi connectivity index (χ1) is 10.9. The number of anilines is 1. The van der Waals surface area contributed by atoms with E-state index in [1.54, 1.807) is 29.5 Å². The standard InChI is InChI=1S/C16H20N2O3S2/c1-12-5-6-14(23(2,20)21)10-15(12)18-11-16(19)17-8-7-13-4-3-9-22-13/h3-6,9-10,18H,7-8,11H2,1-2H3,(H,17,19). The van der Waals surface area contributed by atoms with E-state index in [1.165, 1.54) is 11.1 Å². The van der Waals surface area contributed by atoms with Crippen LogP contribution in [0.5, 0.6) is 0 Å². The van der Waals surface area contributed by atoms with Gasteiger partial charge in [0.1, 0.15) is 0 Å². The predicted molar refractivity (Wildman–Crippen MR) is 93.8 cm³/mol. The van der Waals surface area contributed by atoms with Gasteiger partial charge in [-0.3, -0.25) is 4.79 Å². The Morgan fingerprint density at radius 2 is 2.04 bits per heavy atom. The van der Waals surface area contributed by atoms with Crippen molar-refractivity contribution in [1.82, 2.24) is 5.32 Å². The van der Waals surface area contributed by atoms with E-state index >= 15 is 0 Å². The van der Waals surface area contributed by atoms with Crippen LogP contribution < -0.4 is 10.6 Å². The van der Waals surface area contributed by atoms with Crippen LogP contribution in [0.1, 0.15) is 10.4 Å². The fourth-order valence-corrected chi connectivity index (χ4v) is 3.40. The van der Waals surface area contributed by atoms with Crippen molar-refractivity contribution in [3.63, 3.8) is 0 Å². The number of carbonyl (C=O) groups is 1. The summed E-state index contributed by atoms with van der Waals surface area (Å²) >= 11 is 1.67. The molecule has 0 aliphatic rings. The second-order valence-corrected chi connectivity index (χ2v) is 8.33. The van der Waals surface area contributed by atoms with Gasteiger partial charge < -0.3 is 10.6 Å². The van der Waals surface area contributed by atoms with Crippen LogP contribution in [0, 0.1) is 6.92 Å². The van der Waals surface area contributed by atoms with Gasteiger partial charge >= 0.3 is 0 Å². The van der Waals surface area contributed by atoms with E-state index in [4.69, 9.17) is 0 Å². The molecule has 0 atom stereocenters. The van der Waals surface area contributed by atoms with Crippen LogP contribution in [0.3, 0.4) is 0 Å². The van der Waals surface area contributed by atoms with Crippen molar-refractivity contribution in [2.24, 2.45) is 0 Å². The molecular formula is C16H20N2O3S2. The van der Waals surface area contributed by atoms with Gasteiger partial charge in [0.05, 0.1) is 11.4 Å². The van der Waals surface area contributed by atoms with E-state index in [0.717, 1.165) is 12.0 Å². The number of hydrogen-bond acceptors (Lipinski definition) is 5. The van der Waals surface area contributed by atoms with E-state index in [1.807, 2.05) is 24.4 Å². The Labute approximate surface area is 140 Å². The zero-order chi connectivity index (χ0) is 16.9. The third kappa shape index (κ3) is 5.37. The van der Waals surface area contributed by atoms with Crippen LogP contribution in [0.2, 0.25) is 0 Å². The molecule has 2 rings (SSSR count). The van der Waals surface area contributed by atoms with Crippen molar-refractivity contribution in [2.45, 2.75) is 18.2 Å². The third-order valence-corrected chi connectivity index (χ3v) is 5.40. The summed E-state index contributed by atoms with van der Waals surface area (Å²) in [4.78, 5) is 13.3. The van der Waals surface area contributed by atoms with Crippen LogP contribution >= 0.6 is 11.3 Å². The Hall–Kier alpha value is -1.86. The van der Waals surface area contributed by atoms with Crippen molar-refractivity contribution in [3.8, 4) is 0 Å². The van der Waals surface area contributed by atoms with E-state index < -0.39 is 9.84 Å². The number of sulfone groups is 1. The van der Waals surface area contributed by atoms with E-state index in [0.29, 0.717) is 12.2 Å². The van der Waals surface area contributed by atoms with E-state index in [-0.39, 0.29) is 17.3 Å². The summed E-state index contributed by atoms with van der Waals surface area (Å²) in [5, 5.41) is 7.85. The first kappa shape index (κ1) is 17.5. The molecule has 23 heavy (non-hydrogen) atoms. The van der Waals surface area contributed by atoms with Gasteiger partial charge in [0.15, 0.2) is 9.84 Å².